The summed E-state index contributed by atoms with van der Waals surface area (Å²) in [5, 5.41) is 7.47. The smallest absolute Gasteiger partial charge is 0.399 e. The Morgan fingerprint density at radius 2 is 1.12 bits per heavy atom. The van der Waals surface area contributed by atoms with E-state index in [9.17, 15) is 0 Å². The zero-order valence-electron chi connectivity index (χ0n) is 31.3. The van der Waals surface area contributed by atoms with E-state index in [1.165, 1.54) is 43.5 Å². The molecule has 0 aliphatic carbocycles. The summed E-state index contributed by atoms with van der Waals surface area (Å²) in [7, 11) is -0.404. The van der Waals surface area contributed by atoms with Crippen LogP contribution in [0.15, 0.2) is 135 Å². The van der Waals surface area contributed by atoms with Crippen LogP contribution in [0.4, 0.5) is 0 Å². The van der Waals surface area contributed by atoms with E-state index in [0.29, 0.717) is 5.41 Å². The molecule has 254 valence electrons. The van der Waals surface area contributed by atoms with Crippen molar-refractivity contribution in [2.24, 2.45) is 5.41 Å². The minimum absolute atomic E-state index is 0.381. The lowest BCUT2D eigenvalue weighted by Gasteiger charge is -2.32. The molecule has 7 rings (SSSR count). The van der Waals surface area contributed by atoms with E-state index in [2.05, 4.69) is 170 Å². The van der Waals surface area contributed by atoms with Gasteiger partial charge in [0.2, 0.25) is 0 Å². The lowest BCUT2D eigenvalue weighted by atomic mass is 9.79. The van der Waals surface area contributed by atoms with Crippen LogP contribution >= 0.6 is 0 Å². The van der Waals surface area contributed by atoms with Gasteiger partial charge in [0.25, 0.3) is 0 Å². The Hall–Kier alpha value is -4.38. The average molecular weight is 652 g/mol. The third-order valence-corrected chi connectivity index (χ3v) is 8.54. The number of allylic oxidation sites excluding steroid dienone is 4. The van der Waals surface area contributed by atoms with Gasteiger partial charge in [-0.2, -0.15) is 0 Å². The van der Waals surface area contributed by atoms with Crippen molar-refractivity contribution in [3.8, 4) is 5.69 Å². The van der Waals surface area contributed by atoms with Crippen molar-refractivity contribution in [3.63, 3.8) is 0 Å². The molecule has 0 N–H and O–H groups in total. The summed E-state index contributed by atoms with van der Waals surface area (Å²) in [4.78, 5) is 0. The third kappa shape index (κ3) is 8.44. The summed E-state index contributed by atoms with van der Waals surface area (Å²) in [6.45, 7) is 27.8. The number of hydrogen-bond donors (Lipinski definition) is 0. The Labute approximate surface area is 295 Å². The Kier molecular flexibility index (Phi) is 11.8. The standard InChI is InChI=1S/C32H28BNO2.C5H12.C5H8.C3H6/c1-31(2)32(3,4)36-33(35-31)22-17-18-27-26-15-9-10-16-28(26)34(30(27)20-22)29-19-21-11-5-6-12-23(21)24-13-7-8-14-25(24)29;1-5(2,3)4;1-3-5-4-2;1-3-2/h5-20H,1-4H3;1-4H3;3-5H,1H2,2H3;3H,1H2,2H3/b;;5-4-;. The molecule has 6 aromatic rings. The van der Waals surface area contributed by atoms with E-state index in [-0.39, 0.29) is 11.2 Å². The van der Waals surface area contributed by atoms with Crippen molar-refractivity contribution in [1.29, 1.82) is 0 Å². The highest BCUT2D eigenvalue weighted by Crippen LogP contribution is 2.39. The minimum atomic E-state index is -0.404. The van der Waals surface area contributed by atoms with E-state index < -0.39 is 7.12 Å². The summed E-state index contributed by atoms with van der Waals surface area (Å²) >= 11 is 0. The van der Waals surface area contributed by atoms with Crippen LogP contribution in [0.3, 0.4) is 0 Å². The van der Waals surface area contributed by atoms with Gasteiger partial charge >= 0.3 is 7.12 Å². The van der Waals surface area contributed by atoms with Crippen LogP contribution in [0.2, 0.25) is 0 Å². The van der Waals surface area contributed by atoms with Gasteiger partial charge in [0.05, 0.1) is 27.9 Å². The van der Waals surface area contributed by atoms with E-state index >= 15 is 0 Å². The van der Waals surface area contributed by atoms with Crippen LogP contribution in [0.25, 0.3) is 49.0 Å². The molecule has 1 aliphatic heterocycles. The van der Waals surface area contributed by atoms with Gasteiger partial charge in [0.1, 0.15) is 0 Å². The second-order valence-corrected chi connectivity index (χ2v) is 15.0. The zero-order valence-corrected chi connectivity index (χ0v) is 31.3. The van der Waals surface area contributed by atoms with Crippen LogP contribution in [0.1, 0.15) is 69.2 Å². The van der Waals surface area contributed by atoms with Crippen LogP contribution in [0.5, 0.6) is 0 Å². The van der Waals surface area contributed by atoms with Gasteiger partial charge in [-0.3, -0.25) is 0 Å². The van der Waals surface area contributed by atoms with Gasteiger partial charge in [0.15, 0.2) is 0 Å². The van der Waals surface area contributed by atoms with Crippen LogP contribution in [-0.4, -0.2) is 22.9 Å². The Bertz CT molecular complexity index is 2070. The van der Waals surface area contributed by atoms with Gasteiger partial charge in [-0.1, -0.05) is 137 Å². The Morgan fingerprint density at radius 1 is 0.633 bits per heavy atom. The average Bonchev–Trinajstić information content (AvgIpc) is 3.49. The van der Waals surface area contributed by atoms with Crippen molar-refractivity contribution in [2.75, 3.05) is 0 Å². The van der Waals surface area contributed by atoms with Crippen molar-refractivity contribution in [1.82, 2.24) is 4.57 Å². The second-order valence-electron chi connectivity index (χ2n) is 15.0. The SMILES string of the molecule is C=C/C=C\C.C=CC.CC(C)(C)C.CC1(C)OB(c2ccc3c4ccccc4n(-c4cc5ccccc5c5ccccc45)c3c2)OC1(C)C. The van der Waals surface area contributed by atoms with Crippen LogP contribution < -0.4 is 5.46 Å². The quantitative estimate of drug-likeness (QED) is 0.0823. The van der Waals surface area contributed by atoms with Gasteiger partial charge in [-0.15, -0.1) is 6.58 Å². The molecule has 3 nitrogen and oxygen atoms in total. The molecule has 1 aliphatic rings. The number of aromatic nitrogens is 1. The highest BCUT2D eigenvalue weighted by atomic mass is 16.7. The first-order chi connectivity index (χ1) is 23.2. The summed E-state index contributed by atoms with van der Waals surface area (Å²) < 4.78 is 15.2. The van der Waals surface area contributed by atoms with Gasteiger partial charge in [0, 0.05) is 16.2 Å². The summed E-state index contributed by atoms with van der Waals surface area (Å²) in [6.07, 6.45) is 7.33. The van der Waals surface area contributed by atoms with E-state index in [1.807, 2.05) is 26.0 Å². The zero-order chi connectivity index (χ0) is 36.0. The molecule has 2 heterocycles. The van der Waals surface area contributed by atoms with Crippen molar-refractivity contribution in [3.05, 3.63) is 135 Å². The molecule has 1 aromatic heterocycles. The minimum Gasteiger partial charge on any atom is -0.399 e. The number of rotatable bonds is 3. The predicted octanol–water partition coefficient (Wildman–Crippen LogP) is 12.4. The highest BCUT2D eigenvalue weighted by Gasteiger charge is 2.51. The molecule has 0 amide bonds. The second kappa shape index (κ2) is 15.5. The number of nitrogens with zero attached hydrogens (tertiary/aromatic N) is 1. The molecule has 0 radical (unpaired) electrons. The molecule has 4 heteroatoms. The lowest BCUT2D eigenvalue weighted by molar-refractivity contribution is 0.00578. The topological polar surface area (TPSA) is 23.4 Å². The van der Waals surface area contributed by atoms with Crippen LogP contribution in [-0.2, 0) is 9.31 Å². The van der Waals surface area contributed by atoms with Crippen LogP contribution in [0, 0.1) is 5.41 Å². The molecule has 1 fully saturated rings. The molecule has 1 saturated heterocycles. The fourth-order valence-electron chi connectivity index (χ4n) is 5.73. The van der Waals surface area contributed by atoms with E-state index in [4.69, 9.17) is 9.31 Å². The molecule has 0 spiro atoms. The largest absolute Gasteiger partial charge is 0.494 e. The molecule has 0 bridgehead atoms. The fraction of sp³-hybridized carbons (Fsp3) is 0.289. The summed E-state index contributed by atoms with van der Waals surface area (Å²) in [6, 6.07) is 35.0. The third-order valence-electron chi connectivity index (χ3n) is 8.54. The summed E-state index contributed by atoms with van der Waals surface area (Å²) in [5.41, 5.74) is 4.31. The normalized spacial score (nSPS) is 14.9. The van der Waals surface area contributed by atoms with Crippen molar-refractivity contribution >= 4 is 55.9 Å². The molecule has 5 aromatic carbocycles. The number of fused-ring (bicyclic) bond motifs is 6. The van der Waals surface area contributed by atoms with E-state index in [1.54, 1.807) is 12.2 Å². The van der Waals surface area contributed by atoms with Gasteiger partial charge < -0.3 is 13.9 Å². The molecule has 0 atom stereocenters. The lowest BCUT2D eigenvalue weighted by Crippen LogP contribution is -2.41. The molecule has 0 unspecified atom stereocenters. The van der Waals surface area contributed by atoms with Gasteiger partial charge in [-0.05, 0) is 86.8 Å². The fourth-order valence-corrected chi connectivity index (χ4v) is 5.73. The maximum Gasteiger partial charge on any atom is 0.494 e. The highest BCUT2D eigenvalue weighted by molar-refractivity contribution is 6.62. The summed E-state index contributed by atoms with van der Waals surface area (Å²) in [5.74, 6) is 0. The maximum atomic E-state index is 6.42. The number of para-hydroxylation sites is 1. The first kappa shape index (κ1) is 37.4. The van der Waals surface area contributed by atoms with E-state index in [0.717, 1.165) is 11.0 Å². The molecular formula is C45H54BNO2. The molecule has 49 heavy (non-hydrogen) atoms. The maximum absolute atomic E-state index is 6.42. The number of hydrogen-bond acceptors (Lipinski definition) is 2. The molecular weight excluding hydrogens is 597 g/mol. The number of benzene rings is 5. The van der Waals surface area contributed by atoms with Crippen molar-refractivity contribution < 1.29 is 9.31 Å². The van der Waals surface area contributed by atoms with Crippen molar-refractivity contribution in [2.45, 2.75) is 80.4 Å². The van der Waals surface area contributed by atoms with Gasteiger partial charge in [-0.25, -0.2) is 0 Å². The molecule has 0 saturated carbocycles. The predicted molar refractivity (Wildman–Crippen MR) is 218 cm³/mol. The first-order valence-electron chi connectivity index (χ1n) is 17.3. The Morgan fingerprint density at radius 3 is 1.67 bits per heavy atom. The Balaban J connectivity index is 0.000000359. The monoisotopic (exact) mass is 651 g/mol. The first-order valence-corrected chi connectivity index (χ1v) is 17.3.